The molecule has 2 aromatic carbocycles. The summed E-state index contributed by atoms with van der Waals surface area (Å²) in [7, 11) is 3.04. The minimum Gasteiger partial charge on any atom is -0.497 e. The zero-order chi connectivity index (χ0) is 13.8. The zero-order valence-corrected chi connectivity index (χ0v) is 11.4. The van der Waals surface area contributed by atoms with Crippen molar-refractivity contribution < 1.29 is 13.9 Å². The van der Waals surface area contributed by atoms with E-state index in [9.17, 15) is 4.39 Å². The number of rotatable bonds is 4. The van der Waals surface area contributed by atoms with Crippen molar-refractivity contribution in [3.8, 4) is 11.5 Å². The van der Waals surface area contributed by atoms with Crippen molar-refractivity contribution in [3.63, 3.8) is 0 Å². The second-order valence-electron chi connectivity index (χ2n) is 4.03. The number of ether oxygens (including phenoxy) is 2. The second-order valence-corrected chi connectivity index (χ2v) is 4.47. The molecule has 2 nitrogen and oxygen atoms in total. The molecule has 0 saturated carbocycles. The van der Waals surface area contributed by atoms with Crippen LogP contribution in [0.25, 0.3) is 0 Å². The van der Waals surface area contributed by atoms with Gasteiger partial charge in [-0.3, -0.25) is 0 Å². The number of benzene rings is 2. The molecule has 0 radical (unpaired) electrons. The molecule has 0 amide bonds. The van der Waals surface area contributed by atoms with E-state index in [1.165, 1.54) is 13.2 Å². The quantitative estimate of drug-likeness (QED) is 0.783. The molecule has 0 spiro atoms. The minimum atomic E-state index is -0.398. The highest BCUT2D eigenvalue weighted by atomic mass is 35.5. The van der Waals surface area contributed by atoms with Gasteiger partial charge in [-0.05, 0) is 35.4 Å². The number of alkyl halides is 1. The molecule has 19 heavy (non-hydrogen) atoms. The molecule has 1 atom stereocenters. The fourth-order valence-electron chi connectivity index (χ4n) is 1.80. The number of methoxy groups -OCH3 is 2. The molecule has 1 unspecified atom stereocenters. The van der Waals surface area contributed by atoms with Gasteiger partial charge in [0.05, 0.1) is 19.6 Å². The largest absolute Gasteiger partial charge is 0.497 e. The number of hydrogen-bond donors (Lipinski definition) is 0. The normalized spacial score (nSPS) is 12.0. The van der Waals surface area contributed by atoms with Crippen LogP contribution in [0.15, 0.2) is 42.5 Å². The summed E-state index contributed by atoms with van der Waals surface area (Å²) in [6.07, 6.45) is 0. The van der Waals surface area contributed by atoms with E-state index < -0.39 is 5.82 Å². The Morgan fingerprint density at radius 3 is 2.16 bits per heavy atom. The van der Waals surface area contributed by atoms with E-state index in [0.29, 0.717) is 0 Å². The van der Waals surface area contributed by atoms with Gasteiger partial charge in [0.2, 0.25) is 0 Å². The Bertz CT molecular complexity index is 555. The molecule has 100 valence electrons. The maximum Gasteiger partial charge on any atom is 0.165 e. The van der Waals surface area contributed by atoms with Crippen molar-refractivity contribution in [1.29, 1.82) is 0 Å². The van der Waals surface area contributed by atoms with Gasteiger partial charge in [0.25, 0.3) is 0 Å². The Labute approximate surface area is 116 Å². The van der Waals surface area contributed by atoms with Crippen LogP contribution in [0.5, 0.6) is 11.5 Å². The summed E-state index contributed by atoms with van der Waals surface area (Å²) >= 11 is 6.39. The lowest BCUT2D eigenvalue weighted by Gasteiger charge is -2.12. The fourth-order valence-corrected chi connectivity index (χ4v) is 2.08. The first-order chi connectivity index (χ1) is 9.15. The van der Waals surface area contributed by atoms with Crippen molar-refractivity contribution >= 4 is 11.6 Å². The molecule has 2 aromatic rings. The Hall–Kier alpha value is -1.74. The molecule has 0 aliphatic carbocycles. The summed E-state index contributed by atoms with van der Waals surface area (Å²) in [4.78, 5) is 0. The van der Waals surface area contributed by atoms with Crippen LogP contribution in [0.2, 0.25) is 0 Å². The topological polar surface area (TPSA) is 18.5 Å². The Kier molecular flexibility index (Phi) is 4.27. The molecule has 0 heterocycles. The van der Waals surface area contributed by atoms with Gasteiger partial charge in [-0.15, -0.1) is 11.6 Å². The predicted molar refractivity (Wildman–Crippen MR) is 73.6 cm³/mol. The smallest absolute Gasteiger partial charge is 0.165 e. The van der Waals surface area contributed by atoms with Crippen molar-refractivity contribution in [2.75, 3.05) is 14.2 Å². The van der Waals surface area contributed by atoms with Gasteiger partial charge in [-0.1, -0.05) is 18.2 Å². The van der Waals surface area contributed by atoms with Crippen LogP contribution in [0, 0.1) is 5.82 Å². The average Bonchev–Trinajstić information content (AvgIpc) is 2.47. The highest BCUT2D eigenvalue weighted by Gasteiger charge is 2.13. The first kappa shape index (κ1) is 13.7. The van der Waals surface area contributed by atoms with E-state index in [0.717, 1.165) is 16.9 Å². The number of halogens is 2. The standard InChI is InChI=1S/C15H14ClFO2/c1-18-12-6-3-10(4-7-12)15(16)11-5-8-13(17)14(9-11)19-2/h3-9,15H,1-2H3. The highest BCUT2D eigenvalue weighted by Crippen LogP contribution is 2.32. The van der Waals surface area contributed by atoms with Crippen LogP contribution in [-0.4, -0.2) is 14.2 Å². The van der Waals surface area contributed by atoms with E-state index in [4.69, 9.17) is 21.1 Å². The van der Waals surface area contributed by atoms with Crippen LogP contribution in [0.4, 0.5) is 4.39 Å². The van der Waals surface area contributed by atoms with Crippen LogP contribution in [0.3, 0.4) is 0 Å². The van der Waals surface area contributed by atoms with Gasteiger partial charge in [-0.25, -0.2) is 4.39 Å². The molecule has 0 N–H and O–H groups in total. The summed E-state index contributed by atoms with van der Waals surface area (Å²) in [5.41, 5.74) is 1.70. The average molecular weight is 281 g/mol. The third-order valence-corrected chi connectivity index (χ3v) is 3.38. The molecule has 2 rings (SSSR count). The van der Waals surface area contributed by atoms with E-state index >= 15 is 0 Å². The lowest BCUT2D eigenvalue weighted by molar-refractivity contribution is 0.386. The Morgan fingerprint density at radius 2 is 1.58 bits per heavy atom. The van der Waals surface area contributed by atoms with E-state index in [1.807, 2.05) is 24.3 Å². The summed E-state index contributed by atoms with van der Waals surface area (Å²) < 4.78 is 23.4. The lowest BCUT2D eigenvalue weighted by Crippen LogP contribution is -1.96. The minimum absolute atomic E-state index is 0.191. The Morgan fingerprint density at radius 1 is 0.947 bits per heavy atom. The SMILES string of the molecule is COc1ccc(C(Cl)c2ccc(F)c(OC)c2)cc1. The first-order valence-electron chi connectivity index (χ1n) is 5.77. The van der Waals surface area contributed by atoms with Crippen molar-refractivity contribution in [2.24, 2.45) is 0 Å². The highest BCUT2D eigenvalue weighted by molar-refractivity contribution is 6.22. The van der Waals surface area contributed by atoms with E-state index in [-0.39, 0.29) is 11.1 Å². The third kappa shape index (κ3) is 2.99. The molecule has 4 heteroatoms. The second kappa shape index (κ2) is 5.93. The van der Waals surface area contributed by atoms with Gasteiger partial charge >= 0.3 is 0 Å². The molecule has 0 aromatic heterocycles. The van der Waals surface area contributed by atoms with Crippen LogP contribution < -0.4 is 9.47 Å². The summed E-state index contributed by atoms with van der Waals surface area (Å²) in [6.45, 7) is 0. The van der Waals surface area contributed by atoms with E-state index in [1.54, 1.807) is 19.2 Å². The van der Waals surface area contributed by atoms with Gasteiger partial charge < -0.3 is 9.47 Å². The summed E-state index contributed by atoms with van der Waals surface area (Å²) in [5.74, 6) is 0.561. The van der Waals surface area contributed by atoms with Crippen molar-refractivity contribution in [2.45, 2.75) is 5.38 Å². The third-order valence-electron chi connectivity index (χ3n) is 2.88. The van der Waals surface area contributed by atoms with Crippen LogP contribution >= 0.6 is 11.6 Å². The lowest BCUT2D eigenvalue weighted by atomic mass is 10.0. The van der Waals surface area contributed by atoms with Crippen LogP contribution in [-0.2, 0) is 0 Å². The predicted octanol–water partition coefficient (Wildman–Crippen LogP) is 4.17. The fraction of sp³-hybridized carbons (Fsp3) is 0.200. The molecular formula is C15H14ClFO2. The maximum atomic E-state index is 13.3. The van der Waals surface area contributed by atoms with Gasteiger partial charge in [0.15, 0.2) is 11.6 Å². The molecule has 0 saturated heterocycles. The maximum absolute atomic E-state index is 13.3. The van der Waals surface area contributed by atoms with Crippen molar-refractivity contribution in [1.82, 2.24) is 0 Å². The van der Waals surface area contributed by atoms with E-state index in [2.05, 4.69) is 0 Å². The van der Waals surface area contributed by atoms with Gasteiger partial charge in [-0.2, -0.15) is 0 Å². The molecule has 0 bridgehead atoms. The monoisotopic (exact) mass is 280 g/mol. The molecule has 0 aliphatic rings. The van der Waals surface area contributed by atoms with Crippen molar-refractivity contribution in [3.05, 3.63) is 59.4 Å². The summed E-state index contributed by atoms with van der Waals surface area (Å²) in [5, 5.41) is -0.361. The summed E-state index contributed by atoms with van der Waals surface area (Å²) in [6, 6.07) is 12.1. The Balaban J connectivity index is 2.29. The first-order valence-corrected chi connectivity index (χ1v) is 6.21. The van der Waals surface area contributed by atoms with Gasteiger partial charge in [0.1, 0.15) is 5.75 Å². The van der Waals surface area contributed by atoms with Crippen LogP contribution in [0.1, 0.15) is 16.5 Å². The number of hydrogen-bond acceptors (Lipinski definition) is 2. The molecular weight excluding hydrogens is 267 g/mol. The molecule has 0 fully saturated rings. The van der Waals surface area contributed by atoms with Gasteiger partial charge in [0, 0.05) is 0 Å². The molecule has 0 aliphatic heterocycles. The zero-order valence-electron chi connectivity index (χ0n) is 10.7.